The van der Waals surface area contributed by atoms with Gasteiger partial charge in [-0.2, -0.15) is 0 Å². The predicted octanol–water partition coefficient (Wildman–Crippen LogP) is -0.818. The summed E-state index contributed by atoms with van der Waals surface area (Å²) in [6.07, 6.45) is 0. The Kier molecular flexibility index (Phi) is 6.12. The van der Waals surface area contributed by atoms with Crippen molar-refractivity contribution in [2.75, 3.05) is 19.3 Å². The molecular weight excluding hydrogens is 296 g/mol. The average Bonchev–Trinajstić information content (AvgIpc) is 2.48. The topological polar surface area (TPSA) is 134 Å². The second-order valence-electron chi connectivity index (χ2n) is 4.18. The number of rotatable bonds is 7. The van der Waals surface area contributed by atoms with E-state index in [0.717, 1.165) is 0 Å². The van der Waals surface area contributed by atoms with E-state index in [1.165, 1.54) is 7.05 Å². The number of amidine groups is 1. The Morgan fingerprint density at radius 3 is 2.52 bits per heavy atom. The molecule has 1 atom stereocenters. The maximum Gasteiger partial charge on any atom is 0.235 e. The van der Waals surface area contributed by atoms with Crippen LogP contribution >= 0.6 is 0 Å². The summed E-state index contributed by atoms with van der Waals surface area (Å²) < 4.78 is 24.7. The summed E-state index contributed by atoms with van der Waals surface area (Å²) >= 11 is 0. The largest absolute Gasteiger partial charge is 0.409 e. The first kappa shape index (κ1) is 16.9. The van der Waals surface area contributed by atoms with Crippen molar-refractivity contribution >= 4 is 21.8 Å². The molecule has 21 heavy (non-hydrogen) atoms. The Bertz CT molecular complexity index is 601. The number of nitrogens with zero attached hydrogens (tertiary/aromatic N) is 1. The number of oxime groups is 1. The molecule has 0 aliphatic heterocycles. The average molecular weight is 314 g/mol. The Hall–Kier alpha value is -2.13. The van der Waals surface area contributed by atoms with E-state index in [1.54, 1.807) is 30.3 Å². The van der Waals surface area contributed by atoms with Crippen LogP contribution in [0, 0.1) is 0 Å². The Balaban J connectivity index is 2.79. The van der Waals surface area contributed by atoms with Crippen molar-refractivity contribution in [3.63, 3.8) is 0 Å². The van der Waals surface area contributed by atoms with Crippen LogP contribution in [0.1, 0.15) is 11.5 Å². The molecule has 0 aliphatic rings. The van der Waals surface area contributed by atoms with Crippen molar-refractivity contribution in [3.05, 3.63) is 35.9 Å². The fourth-order valence-corrected chi connectivity index (χ4v) is 2.25. The minimum atomic E-state index is -3.41. The van der Waals surface area contributed by atoms with E-state index in [9.17, 15) is 13.2 Å². The summed E-state index contributed by atoms with van der Waals surface area (Å²) in [6.45, 7) is -0.0793. The van der Waals surface area contributed by atoms with Gasteiger partial charge in [-0.25, -0.2) is 13.1 Å². The number of nitrogens with two attached hydrogens (primary N) is 1. The summed E-state index contributed by atoms with van der Waals surface area (Å²) in [7, 11) is -2.11. The highest BCUT2D eigenvalue weighted by atomic mass is 32.2. The lowest BCUT2D eigenvalue weighted by Crippen LogP contribution is -2.40. The lowest BCUT2D eigenvalue weighted by Gasteiger charge is -2.15. The van der Waals surface area contributed by atoms with E-state index in [0.29, 0.717) is 5.56 Å². The molecule has 0 bridgehead atoms. The van der Waals surface area contributed by atoms with Crippen LogP contribution in [0.4, 0.5) is 0 Å². The lowest BCUT2D eigenvalue weighted by molar-refractivity contribution is -0.121. The third-order valence-corrected chi connectivity index (χ3v) is 4.15. The van der Waals surface area contributed by atoms with Gasteiger partial charge in [0.05, 0.1) is 5.75 Å². The van der Waals surface area contributed by atoms with E-state index in [2.05, 4.69) is 15.2 Å². The van der Waals surface area contributed by atoms with Crippen LogP contribution in [0.2, 0.25) is 0 Å². The molecule has 0 heterocycles. The molecule has 1 rings (SSSR count). The number of carbonyl (C=O) groups is 1. The quantitative estimate of drug-likeness (QED) is 0.226. The summed E-state index contributed by atoms with van der Waals surface area (Å²) in [5.41, 5.74) is 6.09. The molecule has 1 amide bonds. The minimum Gasteiger partial charge on any atom is -0.409 e. The molecular formula is C12H18N4O4S. The monoisotopic (exact) mass is 314 g/mol. The zero-order valence-electron chi connectivity index (χ0n) is 11.5. The second kappa shape index (κ2) is 7.60. The van der Waals surface area contributed by atoms with Gasteiger partial charge in [0.25, 0.3) is 0 Å². The van der Waals surface area contributed by atoms with Crippen LogP contribution in [0.5, 0.6) is 0 Å². The van der Waals surface area contributed by atoms with Crippen molar-refractivity contribution in [1.82, 2.24) is 10.0 Å². The van der Waals surface area contributed by atoms with Gasteiger partial charge < -0.3 is 16.3 Å². The number of hydrogen-bond donors (Lipinski definition) is 4. The van der Waals surface area contributed by atoms with Crippen LogP contribution < -0.4 is 15.8 Å². The van der Waals surface area contributed by atoms with Crippen molar-refractivity contribution in [2.45, 2.75) is 5.92 Å². The first-order valence-corrected chi connectivity index (χ1v) is 7.78. The maximum absolute atomic E-state index is 12.1. The van der Waals surface area contributed by atoms with Crippen molar-refractivity contribution in [2.24, 2.45) is 10.9 Å². The third kappa shape index (κ3) is 5.04. The van der Waals surface area contributed by atoms with Crippen molar-refractivity contribution in [3.8, 4) is 0 Å². The number of sulfonamides is 1. The van der Waals surface area contributed by atoms with Gasteiger partial charge in [-0.05, 0) is 12.6 Å². The Labute approximate surface area is 123 Å². The van der Waals surface area contributed by atoms with Gasteiger partial charge in [0.2, 0.25) is 15.9 Å². The summed E-state index contributed by atoms with van der Waals surface area (Å²) in [4.78, 5) is 12.1. The third-order valence-electron chi connectivity index (χ3n) is 2.79. The predicted molar refractivity (Wildman–Crippen MR) is 78.4 cm³/mol. The molecule has 9 heteroatoms. The highest BCUT2D eigenvalue weighted by Crippen LogP contribution is 2.15. The summed E-state index contributed by atoms with van der Waals surface area (Å²) in [6, 6.07) is 8.51. The minimum absolute atomic E-state index is 0.0793. The number of amides is 1. The summed E-state index contributed by atoms with van der Waals surface area (Å²) in [5, 5.41) is 14.1. The van der Waals surface area contributed by atoms with Gasteiger partial charge in [0.1, 0.15) is 5.92 Å². The number of hydrogen-bond acceptors (Lipinski definition) is 5. The fourth-order valence-electron chi connectivity index (χ4n) is 1.67. The molecule has 116 valence electrons. The van der Waals surface area contributed by atoms with Crippen molar-refractivity contribution < 1.29 is 18.4 Å². The highest BCUT2D eigenvalue weighted by molar-refractivity contribution is 7.89. The van der Waals surface area contributed by atoms with Crippen LogP contribution in [-0.4, -0.2) is 44.7 Å². The fraction of sp³-hybridized carbons (Fsp3) is 0.333. The molecule has 1 aromatic rings. The van der Waals surface area contributed by atoms with Gasteiger partial charge in [0, 0.05) is 6.54 Å². The Morgan fingerprint density at radius 1 is 1.38 bits per heavy atom. The zero-order chi connectivity index (χ0) is 15.9. The van der Waals surface area contributed by atoms with Gasteiger partial charge in [-0.3, -0.25) is 4.79 Å². The normalized spacial score (nSPS) is 13.7. The van der Waals surface area contributed by atoms with Crippen LogP contribution in [0.3, 0.4) is 0 Å². The van der Waals surface area contributed by atoms with Crippen LogP contribution in [-0.2, 0) is 14.8 Å². The molecule has 0 aromatic heterocycles. The van der Waals surface area contributed by atoms with Crippen molar-refractivity contribution in [1.29, 1.82) is 0 Å². The Morgan fingerprint density at radius 2 is 2.00 bits per heavy atom. The number of carbonyl (C=O) groups excluding carboxylic acids is 1. The smallest absolute Gasteiger partial charge is 0.235 e. The van der Waals surface area contributed by atoms with E-state index in [1.807, 2.05) is 0 Å². The standard InChI is InChI=1S/C12H18N4O4S/c1-14-21(19,20)8-7-15-12(17)10(11(13)16-18)9-5-3-2-4-6-9/h2-6,10,14,18H,7-8H2,1H3,(H2,13,16)(H,15,17). The van der Waals surface area contributed by atoms with Gasteiger partial charge in [-0.15, -0.1) is 0 Å². The van der Waals surface area contributed by atoms with Crippen LogP contribution in [0.15, 0.2) is 35.5 Å². The second-order valence-corrected chi connectivity index (χ2v) is 6.23. The van der Waals surface area contributed by atoms with E-state index in [4.69, 9.17) is 10.9 Å². The molecule has 5 N–H and O–H groups in total. The molecule has 8 nitrogen and oxygen atoms in total. The van der Waals surface area contributed by atoms with Gasteiger partial charge >= 0.3 is 0 Å². The molecule has 0 fully saturated rings. The molecule has 0 saturated heterocycles. The maximum atomic E-state index is 12.1. The number of benzene rings is 1. The number of nitrogens with one attached hydrogen (secondary N) is 2. The zero-order valence-corrected chi connectivity index (χ0v) is 12.3. The van der Waals surface area contributed by atoms with E-state index in [-0.39, 0.29) is 18.1 Å². The lowest BCUT2D eigenvalue weighted by atomic mass is 9.97. The highest BCUT2D eigenvalue weighted by Gasteiger charge is 2.25. The first-order valence-electron chi connectivity index (χ1n) is 6.12. The van der Waals surface area contributed by atoms with E-state index >= 15 is 0 Å². The molecule has 0 spiro atoms. The molecule has 0 saturated carbocycles. The first-order chi connectivity index (χ1) is 9.91. The molecule has 1 unspecified atom stereocenters. The van der Waals surface area contributed by atoms with E-state index < -0.39 is 21.8 Å². The molecule has 0 radical (unpaired) electrons. The summed E-state index contributed by atoms with van der Waals surface area (Å²) in [5.74, 6) is -2.04. The van der Waals surface area contributed by atoms with Gasteiger partial charge in [-0.1, -0.05) is 35.5 Å². The molecule has 1 aromatic carbocycles. The van der Waals surface area contributed by atoms with Crippen LogP contribution in [0.25, 0.3) is 0 Å². The molecule has 0 aliphatic carbocycles. The SMILES string of the molecule is CNS(=O)(=O)CCNC(=O)C(/C(N)=N/O)c1ccccc1. The van der Waals surface area contributed by atoms with Gasteiger partial charge in [0.15, 0.2) is 5.84 Å².